The molecule has 0 saturated carbocycles. The number of fused-ring (bicyclic) bond motifs is 1. The van der Waals surface area contributed by atoms with Gasteiger partial charge in [-0.25, -0.2) is 4.39 Å². The first kappa shape index (κ1) is 14.7. The number of pyridine rings is 1. The number of nitrogens with zero attached hydrogens (tertiary/aromatic N) is 1. The summed E-state index contributed by atoms with van der Waals surface area (Å²) in [7, 11) is 0. The number of hydrogen-bond donors (Lipinski definition) is 0. The Bertz CT molecular complexity index is 844. The molecule has 3 rings (SSSR count). The van der Waals surface area contributed by atoms with Gasteiger partial charge in [0, 0.05) is 17.1 Å². The summed E-state index contributed by atoms with van der Waals surface area (Å²) in [6.07, 6.45) is 1.75. The predicted octanol–water partition coefficient (Wildman–Crippen LogP) is 5.65. The van der Waals surface area contributed by atoms with Crippen molar-refractivity contribution in [2.75, 3.05) is 0 Å². The largest absolute Gasteiger partial charge is 0.256 e. The van der Waals surface area contributed by atoms with Gasteiger partial charge in [-0.3, -0.25) is 4.98 Å². The lowest BCUT2D eigenvalue weighted by atomic mass is 9.84. The normalized spacial score (nSPS) is 11.9. The highest BCUT2D eigenvalue weighted by Crippen LogP contribution is 2.32. The van der Waals surface area contributed by atoms with Crippen LogP contribution in [-0.4, -0.2) is 4.98 Å². The first-order valence-electron chi connectivity index (χ1n) is 7.51. The van der Waals surface area contributed by atoms with Crippen LogP contribution in [0.1, 0.15) is 31.9 Å². The molecule has 22 heavy (non-hydrogen) atoms. The Labute approximate surface area is 130 Å². The maximum Gasteiger partial charge on any atom is 0.123 e. The van der Waals surface area contributed by atoms with Crippen molar-refractivity contribution in [3.05, 3.63) is 65.6 Å². The molecule has 0 fully saturated rings. The van der Waals surface area contributed by atoms with Gasteiger partial charge >= 0.3 is 0 Å². The minimum atomic E-state index is -0.218. The van der Waals surface area contributed by atoms with Crippen LogP contribution in [0, 0.1) is 12.7 Å². The van der Waals surface area contributed by atoms with E-state index in [4.69, 9.17) is 0 Å². The summed E-state index contributed by atoms with van der Waals surface area (Å²) in [5.74, 6) is -0.218. The fourth-order valence-electron chi connectivity index (χ4n) is 2.73. The molecular weight excluding hydrogens is 273 g/mol. The molecule has 3 aromatic rings. The zero-order chi connectivity index (χ0) is 15.9. The third kappa shape index (κ3) is 2.74. The topological polar surface area (TPSA) is 12.9 Å². The molecule has 2 heteroatoms. The molecule has 0 bridgehead atoms. The molecule has 0 amide bonds. The van der Waals surface area contributed by atoms with Crippen LogP contribution in [0.4, 0.5) is 4.39 Å². The third-order valence-corrected chi connectivity index (χ3v) is 3.94. The van der Waals surface area contributed by atoms with E-state index in [1.807, 2.05) is 12.1 Å². The van der Waals surface area contributed by atoms with E-state index in [1.165, 1.54) is 17.2 Å². The average molecular weight is 293 g/mol. The minimum absolute atomic E-state index is 0.0808. The smallest absolute Gasteiger partial charge is 0.123 e. The van der Waals surface area contributed by atoms with Crippen molar-refractivity contribution in [2.24, 2.45) is 0 Å². The van der Waals surface area contributed by atoms with Crippen molar-refractivity contribution in [2.45, 2.75) is 33.1 Å². The first-order valence-corrected chi connectivity index (χ1v) is 7.51. The number of rotatable bonds is 1. The van der Waals surface area contributed by atoms with Crippen LogP contribution in [-0.2, 0) is 5.41 Å². The first-order chi connectivity index (χ1) is 10.3. The lowest BCUT2D eigenvalue weighted by molar-refractivity contribution is 0.590. The summed E-state index contributed by atoms with van der Waals surface area (Å²) in [4.78, 5) is 4.55. The summed E-state index contributed by atoms with van der Waals surface area (Å²) in [6.45, 7) is 8.72. The molecule has 0 aliphatic carbocycles. The summed E-state index contributed by atoms with van der Waals surface area (Å²) >= 11 is 0. The standard InChI is InChI=1S/C20H20FN/c1-13-9-15(11-16(10-13)20(2,3)4)19-18-6-5-17(21)12-14(18)7-8-22-19/h5-12H,1-4H3. The van der Waals surface area contributed by atoms with E-state index in [0.717, 1.165) is 22.0 Å². The predicted molar refractivity (Wildman–Crippen MR) is 90.6 cm³/mol. The van der Waals surface area contributed by atoms with Gasteiger partial charge in [0.25, 0.3) is 0 Å². The molecule has 2 aromatic carbocycles. The van der Waals surface area contributed by atoms with Gasteiger partial charge < -0.3 is 0 Å². The van der Waals surface area contributed by atoms with Gasteiger partial charge in [0.15, 0.2) is 0 Å². The lowest BCUT2D eigenvalue weighted by Crippen LogP contribution is -2.11. The summed E-state index contributed by atoms with van der Waals surface area (Å²) in [5, 5.41) is 1.86. The fourth-order valence-corrected chi connectivity index (χ4v) is 2.73. The summed E-state index contributed by atoms with van der Waals surface area (Å²) in [5.41, 5.74) is 4.57. The van der Waals surface area contributed by atoms with Gasteiger partial charge in [0.1, 0.15) is 5.82 Å². The Hall–Kier alpha value is -2.22. The quantitative estimate of drug-likeness (QED) is 0.565. The molecule has 0 spiro atoms. The van der Waals surface area contributed by atoms with Crippen LogP contribution in [0.2, 0.25) is 0 Å². The minimum Gasteiger partial charge on any atom is -0.256 e. The molecule has 0 unspecified atom stereocenters. The Morgan fingerprint density at radius 2 is 1.73 bits per heavy atom. The number of benzene rings is 2. The highest BCUT2D eigenvalue weighted by atomic mass is 19.1. The van der Waals surface area contributed by atoms with Crippen LogP contribution >= 0.6 is 0 Å². The summed E-state index contributed by atoms with van der Waals surface area (Å²) in [6, 6.07) is 13.3. The fraction of sp³-hybridized carbons (Fsp3) is 0.250. The molecule has 0 atom stereocenters. The van der Waals surface area contributed by atoms with Crippen LogP contribution in [0.25, 0.3) is 22.0 Å². The van der Waals surface area contributed by atoms with Gasteiger partial charge in [0.2, 0.25) is 0 Å². The molecule has 0 aliphatic heterocycles. The highest BCUT2D eigenvalue weighted by Gasteiger charge is 2.16. The monoisotopic (exact) mass is 293 g/mol. The van der Waals surface area contributed by atoms with Gasteiger partial charge in [0.05, 0.1) is 5.69 Å². The number of aromatic nitrogens is 1. The highest BCUT2D eigenvalue weighted by molar-refractivity contribution is 5.94. The number of aryl methyl sites for hydroxylation is 1. The van der Waals surface area contributed by atoms with Gasteiger partial charge in [-0.15, -0.1) is 0 Å². The van der Waals surface area contributed by atoms with Crippen molar-refractivity contribution in [3.63, 3.8) is 0 Å². The van der Waals surface area contributed by atoms with E-state index < -0.39 is 0 Å². The van der Waals surface area contributed by atoms with Gasteiger partial charge in [-0.2, -0.15) is 0 Å². The second-order valence-corrected chi connectivity index (χ2v) is 6.86. The molecule has 0 N–H and O–H groups in total. The molecule has 1 heterocycles. The second kappa shape index (κ2) is 5.20. The maximum absolute atomic E-state index is 13.4. The van der Waals surface area contributed by atoms with Crippen molar-refractivity contribution in [1.29, 1.82) is 0 Å². The van der Waals surface area contributed by atoms with Crippen molar-refractivity contribution >= 4 is 10.8 Å². The number of halogens is 1. The average Bonchev–Trinajstić information content (AvgIpc) is 2.44. The van der Waals surface area contributed by atoms with Crippen molar-refractivity contribution < 1.29 is 4.39 Å². The third-order valence-electron chi connectivity index (χ3n) is 3.94. The SMILES string of the molecule is Cc1cc(-c2nccc3cc(F)ccc23)cc(C(C)(C)C)c1. The van der Waals surface area contributed by atoms with Crippen LogP contribution in [0.5, 0.6) is 0 Å². The summed E-state index contributed by atoms with van der Waals surface area (Å²) < 4.78 is 13.4. The van der Waals surface area contributed by atoms with Crippen molar-refractivity contribution in [1.82, 2.24) is 4.98 Å². The van der Waals surface area contributed by atoms with Crippen LogP contribution in [0.15, 0.2) is 48.7 Å². The zero-order valence-electron chi connectivity index (χ0n) is 13.4. The molecule has 1 aromatic heterocycles. The lowest BCUT2D eigenvalue weighted by Gasteiger charge is -2.21. The van der Waals surface area contributed by atoms with E-state index in [2.05, 4.69) is 50.9 Å². The van der Waals surface area contributed by atoms with E-state index in [0.29, 0.717) is 0 Å². The molecule has 0 saturated heterocycles. The Kier molecular flexibility index (Phi) is 3.48. The van der Waals surface area contributed by atoms with E-state index >= 15 is 0 Å². The number of hydrogen-bond acceptors (Lipinski definition) is 1. The second-order valence-electron chi connectivity index (χ2n) is 6.86. The molecule has 0 aliphatic rings. The molecule has 0 radical (unpaired) electrons. The van der Waals surface area contributed by atoms with Gasteiger partial charge in [-0.05, 0) is 59.7 Å². The van der Waals surface area contributed by atoms with Crippen LogP contribution in [0.3, 0.4) is 0 Å². The van der Waals surface area contributed by atoms with Gasteiger partial charge in [-0.1, -0.05) is 32.4 Å². The van der Waals surface area contributed by atoms with E-state index in [-0.39, 0.29) is 11.2 Å². The van der Waals surface area contributed by atoms with Crippen molar-refractivity contribution in [3.8, 4) is 11.3 Å². The molecule has 112 valence electrons. The Morgan fingerprint density at radius 1 is 0.955 bits per heavy atom. The molecule has 1 nitrogen and oxygen atoms in total. The van der Waals surface area contributed by atoms with E-state index in [1.54, 1.807) is 12.3 Å². The molecular formula is C20H20FN. The van der Waals surface area contributed by atoms with E-state index in [9.17, 15) is 4.39 Å². The Morgan fingerprint density at radius 3 is 2.45 bits per heavy atom. The van der Waals surface area contributed by atoms with Crippen LogP contribution < -0.4 is 0 Å². The Balaban J connectivity index is 2.26. The zero-order valence-corrected chi connectivity index (χ0v) is 13.4. The maximum atomic E-state index is 13.4.